The van der Waals surface area contributed by atoms with Crippen LogP contribution in [0.4, 0.5) is 0 Å². The van der Waals surface area contributed by atoms with Crippen molar-refractivity contribution in [1.82, 2.24) is 4.90 Å². The lowest BCUT2D eigenvalue weighted by atomic mass is 9.94. The molecule has 0 aliphatic carbocycles. The molecule has 1 aliphatic rings. The summed E-state index contributed by atoms with van der Waals surface area (Å²) in [7, 11) is 0. The summed E-state index contributed by atoms with van der Waals surface area (Å²) >= 11 is 1.91. The van der Waals surface area contributed by atoms with Gasteiger partial charge in [-0.3, -0.25) is 9.69 Å². The number of nitrogens with zero attached hydrogens (tertiary/aromatic N) is 1. The minimum Gasteiger partial charge on any atom is -0.300 e. The monoisotopic (exact) mass is 251 g/mol. The largest absolute Gasteiger partial charge is 0.300 e. The second-order valence-electron chi connectivity index (χ2n) is 4.91. The van der Waals surface area contributed by atoms with Crippen molar-refractivity contribution in [3.05, 3.63) is 21.9 Å². The first kappa shape index (κ1) is 12.8. The van der Waals surface area contributed by atoms with Crippen LogP contribution in [-0.2, 0) is 17.8 Å². The zero-order chi connectivity index (χ0) is 12.3. The first-order valence-electron chi connectivity index (χ1n) is 6.49. The number of hydrogen-bond acceptors (Lipinski definition) is 3. The lowest BCUT2D eigenvalue weighted by molar-refractivity contribution is -0.122. The molecule has 0 saturated carbocycles. The number of Topliss-reactive ketones (excluding diaryl/α,β-unsaturated/α-hetero) is 1. The molecule has 1 aromatic heterocycles. The Morgan fingerprint density at radius 3 is 2.88 bits per heavy atom. The Balaban J connectivity index is 1.92. The molecule has 0 N–H and O–H groups in total. The number of rotatable bonds is 4. The maximum atomic E-state index is 11.4. The first-order valence-corrected chi connectivity index (χ1v) is 7.31. The number of aryl methyl sites for hydroxylation is 1. The predicted molar refractivity (Wildman–Crippen MR) is 72.4 cm³/mol. The van der Waals surface area contributed by atoms with Crippen LogP contribution in [0.15, 0.2) is 12.1 Å². The summed E-state index contributed by atoms with van der Waals surface area (Å²) in [5.74, 6) is 0.629. The zero-order valence-corrected chi connectivity index (χ0v) is 11.6. The minimum atomic E-state index is 0.273. The fraction of sp³-hybridized carbons (Fsp3) is 0.643. The van der Waals surface area contributed by atoms with Gasteiger partial charge in [-0.25, -0.2) is 0 Å². The molecule has 2 heterocycles. The van der Waals surface area contributed by atoms with E-state index in [0.717, 1.165) is 38.9 Å². The van der Waals surface area contributed by atoms with Gasteiger partial charge in [0.2, 0.25) is 0 Å². The second kappa shape index (κ2) is 5.78. The molecule has 0 bridgehead atoms. The van der Waals surface area contributed by atoms with E-state index >= 15 is 0 Å². The standard InChI is InChI=1S/C14H21NOS/c1-3-13-6-7-14(17-13)10-15-8-4-5-12(9-15)11(2)16/h6-7,12H,3-5,8-10H2,1-2H3. The van der Waals surface area contributed by atoms with E-state index in [-0.39, 0.29) is 5.92 Å². The highest BCUT2D eigenvalue weighted by Crippen LogP contribution is 2.23. The van der Waals surface area contributed by atoms with E-state index in [0.29, 0.717) is 5.78 Å². The van der Waals surface area contributed by atoms with Crippen molar-refractivity contribution >= 4 is 17.1 Å². The van der Waals surface area contributed by atoms with E-state index in [1.807, 2.05) is 11.3 Å². The van der Waals surface area contributed by atoms with Gasteiger partial charge in [-0.15, -0.1) is 11.3 Å². The number of piperidine rings is 1. The van der Waals surface area contributed by atoms with E-state index in [1.54, 1.807) is 6.92 Å². The van der Waals surface area contributed by atoms with Crippen molar-refractivity contribution in [3.8, 4) is 0 Å². The molecule has 17 heavy (non-hydrogen) atoms. The molecular formula is C14H21NOS. The lowest BCUT2D eigenvalue weighted by Crippen LogP contribution is -2.37. The molecule has 0 radical (unpaired) electrons. The Hall–Kier alpha value is -0.670. The molecule has 1 atom stereocenters. The molecule has 1 aliphatic heterocycles. The van der Waals surface area contributed by atoms with Gasteiger partial charge < -0.3 is 0 Å². The predicted octanol–water partition coefficient (Wildman–Crippen LogP) is 3.11. The molecule has 3 heteroatoms. The zero-order valence-electron chi connectivity index (χ0n) is 10.7. The summed E-state index contributed by atoms with van der Waals surface area (Å²) < 4.78 is 0. The van der Waals surface area contributed by atoms with Crippen molar-refractivity contribution in [2.24, 2.45) is 5.92 Å². The van der Waals surface area contributed by atoms with E-state index in [1.165, 1.54) is 9.75 Å². The molecule has 94 valence electrons. The van der Waals surface area contributed by atoms with Crippen molar-refractivity contribution in [3.63, 3.8) is 0 Å². The summed E-state index contributed by atoms with van der Waals surface area (Å²) in [5.41, 5.74) is 0. The Kier molecular flexibility index (Phi) is 4.35. The Morgan fingerprint density at radius 1 is 1.47 bits per heavy atom. The molecule has 0 spiro atoms. The normalized spacial score (nSPS) is 21.6. The van der Waals surface area contributed by atoms with Gasteiger partial charge >= 0.3 is 0 Å². The first-order chi connectivity index (χ1) is 8.19. The van der Waals surface area contributed by atoms with Crippen LogP contribution in [0, 0.1) is 5.92 Å². The fourth-order valence-electron chi connectivity index (χ4n) is 2.45. The molecule has 1 unspecified atom stereocenters. The number of thiophene rings is 1. The average molecular weight is 251 g/mol. The van der Waals surface area contributed by atoms with E-state index in [9.17, 15) is 4.79 Å². The van der Waals surface area contributed by atoms with Crippen LogP contribution in [0.25, 0.3) is 0 Å². The average Bonchev–Trinajstić information content (AvgIpc) is 2.77. The van der Waals surface area contributed by atoms with Crippen LogP contribution in [-0.4, -0.2) is 23.8 Å². The van der Waals surface area contributed by atoms with Gasteiger partial charge in [0.05, 0.1) is 0 Å². The van der Waals surface area contributed by atoms with Crippen molar-refractivity contribution in [2.45, 2.75) is 39.7 Å². The maximum absolute atomic E-state index is 11.4. The van der Waals surface area contributed by atoms with Crippen LogP contribution >= 0.6 is 11.3 Å². The molecular weight excluding hydrogens is 230 g/mol. The molecule has 0 amide bonds. The third kappa shape index (κ3) is 3.39. The molecule has 2 nitrogen and oxygen atoms in total. The SMILES string of the molecule is CCc1ccc(CN2CCCC(C(C)=O)C2)s1. The van der Waals surface area contributed by atoms with Gasteiger partial charge in [0, 0.05) is 28.8 Å². The number of hydrogen-bond donors (Lipinski definition) is 0. The van der Waals surface area contributed by atoms with Crippen LogP contribution in [0.3, 0.4) is 0 Å². The van der Waals surface area contributed by atoms with Crippen molar-refractivity contribution < 1.29 is 4.79 Å². The van der Waals surface area contributed by atoms with Crippen LogP contribution in [0.2, 0.25) is 0 Å². The van der Waals surface area contributed by atoms with Gasteiger partial charge in [0.1, 0.15) is 5.78 Å². The highest BCUT2D eigenvalue weighted by Gasteiger charge is 2.23. The molecule has 1 aromatic rings. The highest BCUT2D eigenvalue weighted by atomic mass is 32.1. The summed E-state index contributed by atoms with van der Waals surface area (Å²) in [4.78, 5) is 16.7. The summed E-state index contributed by atoms with van der Waals surface area (Å²) in [6, 6.07) is 4.47. The summed E-state index contributed by atoms with van der Waals surface area (Å²) in [6.45, 7) is 7.04. The highest BCUT2D eigenvalue weighted by molar-refractivity contribution is 7.11. The number of likely N-dealkylation sites (tertiary alicyclic amines) is 1. The van der Waals surface area contributed by atoms with Gasteiger partial charge in [0.25, 0.3) is 0 Å². The topological polar surface area (TPSA) is 20.3 Å². The lowest BCUT2D eigenvalue weighted by Gasteiger charge is -2.31. The number of carbonyl (C=O) groups is 1. The Morgan fingerprint density at radius 2 is 2.24 bits per heavy atom. The molecule has 1 saturated heterocycles. The minimum absolute atomic E-state index is 0.273. The fourth-order valence-corrected chi connectivity index (χ4v) is 3.45. The molecule has 2 rings (SSSR count). The van der Waals surface area contributed by atoms with Crippen molar-refractivity contribution in [2.75, 3.05) is 13.1 Å². The van der Waals surface area contributed by atoms with Crippen LogP contribution in [0.5, 0.6) is 0 Å². The number of ketones is 1. The third-order valence-electron chi connectivity index (χ3n) is 3.53. The smallest absolute Gasteiger partial charge is 0.134 e. The number of carbonyl (C=O) groups excluding carboxylic acids is 1. The molecule has 0 aromatic carbocycles. The second-order valence-corrected chi connectivity index (χ2v) is 6.16. The third-order valence-corrected chi connectivity index (χ3v) is 4.74. The van der Waals surface area contributed by atoms with E-state index in [4.69, 9.17) is 0 Å². The Labute approximate surface area is 108 Å². The maximum Gasteiger partial charge on any atom is 0.134 e. The van der Waals surface area contributed by atoms with Crippen LogP contribution < -0.4 is 0 Å². The summed E-state index contributed by atoms with van der Waals surface area (Å²) in [5, 5.41) is 0. The van der Waals surface area contributed by atoms with Gasteiger partial charge in [-0.2, -0.15) is 0 Å². The van der Waals surface area contributed by atoms with Crippen LogP contribution in [0.1, 0.15) is 36.4 Å². The van der Waals surface area contributed by atoms with Gasteiger partial charge in [-0.1, -0.05) is 6.92 Å². The van der Waals surface area contributed by atoms with Gasteiger partial charge in [-0.05, 0) is 44.9 Å². The molecule has 1 fully saturated rings. The summed E-state index contributed by atoms with van der Waals surface area (Å²) in [6.07, 6.45) is 3.37. The Bertz CT molecular complexity index is 385. The van der Waals surface area contributed by atoms with Gasteiger partial charge in [0.15, 0.2) is 0 Å². The quantitative estimate of drug-likeness (QED) is 0.819. The van der Waals surface area contributed by atoms with Crippen molar-refractivity contribution in [1.29, 1.82) is 0 Å². The van der Waals surface area contributed by atoms with E-state index < -0.39 is 0 Å². The van der Waals surface area contributed by atoms with E-state index in [2.05, 4.69) is 24.0 Å².